The van der Waals surface area contributed by atoms with Gasteiger partial charge in [-0.15, -0.1) is 0 Å². The Balaban J connectivity index is 1.29. The zero-order valence-corrected chi connectivity index (χ0v) is 30.7. The fraction of sp³-hybridized carbons (Fsp3) is 0.163. The van der Waals surface area contributed by atoms with Crippen molar-refractivity contribution in [3.63, 3.8) is 0 Å². The van der Waals surface area contributed by atoms with Gasteiger partial charge in [0.15, 0.2) is 5.71 Å². The molecule has 0 radical (unpaired) electrons. The highest BCUT2D eigenvalue weighted by Crippen LogP contribution is 2.52. The van der Waals surface area contributed by atoms with Crippen LogP contribution >= 0.6 is 11.6 Å². The van der Waals surface area contributed by atoms with Crippen LogP contribution in [0.4, 0.5) is 11.4 Å². The molecule has 2 nitrogen and oxygen atoms in total. The smallest absolute Gasteiger partial charge is 0.209 e. The Labute approximate surface area is 313 Å². The van der Waals surface area contributed by atoms with Gasteiger partial charge < -0.3 is 4.90 Å². The van der Waals surface area contributed by atoms with Crippen molar-refractivity contribution in [1.29, 1.82) is 0 Å². The van der Waals surface area contributed by atoms with Gasteiger partial charge in [-0.3, -0.25) is 0 Å². The lowest BCUT2D eigenvalue weighted by molar-refractivity contribution is -0.401. The maximum absolute atomic E-state index is 6.81. The van der Waals surface area contributed by atoms with Gasteiger partial charge in [0.1, 0.15) is 7.05 Å². The second-order valence-corrected chi connectivity index (χ2v) is 14.8. The molecule has 0 unspecified atom stereocenters. The Morgan fingerprint density at radius 1 is 0.558 bits per heavy atom. The van der Waals surface area contributed by atoms with Crippen molar-refractivity contribution in [2.75, 3.05) is 19.0 Å². The van der Waals surface area contributed by atoms with Crippen LogP contribution < -0.4 is 4.90 Å². The molecule has 52 heavy (non-hydrogen) atoms. The molecule has 0 saturated carbocycles. The highest BCUT2D eigenvalue weighted by molar-refractivity contribution is 6.30. The highest BCUT2D eigenvalue weighted by Gasteiger charge is 2.50. The molecule has 0 atom stereocenters. The summed E-state index contributed by atoms with van der Waals surface area (Å²) in [7, 11) is 4.45. The van der Waals surface area contributed by atoms with Gasteiger partial charge in [0.25, 0.3) is 0 Å². The molecule has 0 aromatic heterocycles. The molecular weight excluding hydrogens is 652 g/mol. The van der Waals surface area contributed by atoms with Crippen molar-refractivity contribution in [1.82, 2.24) is 0 Å². The first-order chi connectivity index (χ1) is 25.5. The van der Waals surface area contributed by atoms with Crippen LogP contribution in [0.2, 0.25) is 5.02 Å². The zero-order chi connectivity index (χ0) is 35.5. The van der Waals surface area contributed by atoms with E-state index < -0.39 is 0 Å². The molecule has 0 aliphatic carbocycles. The largest absolute Gasteiger partial charge is 0.347 e. The maximum Gasteiger partial charge on any atom is 0.209 e. The van der Waals surface area contributed by atoms with Gasteiger partial charge in [-0.1, -0.05) is 157 Å². The lowest BCUT2D eigenvalue weighted by Gasteiger charge is -2.34. The monoisotopic (exact) mass is 695 g/mol. The average Bonchev–Trinajstić information content (AvgIpc) is 3.53. The van der Waals surface area contributed by atoms with Gasteiger partial charge in [0, 0.05) is 46.6 Å². The third kappa shape index (κ3) is 6.22. The van der Waals surface area contributed by atoms with E-state index in [1.807, 2.05) is 6.07 Å². The summed E-state index contributed by atoms with van der Waals surface area (Å²) in [4.78, 5) is 2.39. The predicted octanol–water partition coefficient (Wildman–Crippen LogP) is 11.1. The Bertz CT molecular complexity index is 2190. The van der Waals surface area contributed by atoms with E-state index >= 15 is 0 Å². The van der Waals surface area contributed by atoms with Crippen LogP contribution in [0.1, 0.15) is 33.4 Å². The van der Waals surface area contributed by atoms with Gasteiger partial charge in [-0.25, -0.2) is 0 Å². The molecule has 8 rings (SSSR count). The summed E-state index contributed by atoms with van der Waals surface area (Å²) in [5.74, 6) is 0. The van der Waals surface area contributed by atoms with E-state index in [0.29, 0.717) is 0 Å². The van der Waals surface area contributed by atoms with E-state index in [-0.39, 0.29) is 10.8 Å². The summed E-state index contributed by atoms with van der Waals surface area (Å²) in [6.45, 7) is 0. The van der Waals surface area contributed by atoms with Gasteiger partial charge in [-0.2, -0.15) is 4.58 Å². The number of rotatable bonds is 10. The second kappa shape index (κ2) is 14.3. The van der Waals surface area contributed by atoms with Crippen molar-refractivity contribution < 1.29 is 4.58 Å². The number of fused-ring (bicyclic) bond motifs is 2. The summed E-state index contributed by atoms with van der Waals surface area (Å²) >= 11 is 6.81. The lowest BCUT2D eigenvalue weighted by Crippen LogP contribution is -2.39. The normalized spacial score (nSPS) is 16.4. The molecule has 0 fully saturated rings. The summed E-state index contributed by atoms with van der Waals surface area (Å²) in [6, 6.07) is 59.2. The molecule has 2 heterocycles. The maximum atomic E-state index is 6.81. The Hall–Kier alpha value is -5.44. The fourth-order valence-corrected chi connectivity index (χ4v) is 9.12. The van der Waals surface area contributed by atoms with Gasteiger partial charge in [-0.05, 0) is 77.8 Å². The molecule has 6 aromatic rings. The van der Waals surface area contributed by atoms with Crippen molar-refractivity contribution in [3.05, 3.63) is 226 Å². The molecule has 0 bridgehead atoms. The van der Waals surface area contributed by atoms with Crippen LogP contribution in [0.3, 0.4) is 0 Å². The average molecular weight is 696 g/mol. The Kier molecular flexibility index (Phi) is 9.26. The topological polar surface area (TPSA) is 6.25 Å². The van der Waals surface area contributed by atoms with Crippen molar-refractivity contribution in [2.24, 2.45) is 0 Å². The van der Waals surface area contributed by atoms with Crippen LogP contribution in [-0.2, 0) is 36.5 Å². The SMILES string of the molecule is CN1/C(=C/C=C/C2=[N+](C)c3ccccc3C2(Cc2ccccc2)Cc2ccccc2)C(Cc2ccccc2)(Cc2ccccc2)c2cc(Cl)ccc21. The van der Waals surface area contributed by atoms with Crippen molar-refractivity contribution in [2.45, 2.75) is 36.5 Å². The van der Waals surface area contributed by atoms with Crippen LogP contribution in [0.25, 0.3) is 0 Å². The van der Waals surface area contributed by atoms with E-state index in [4.69, 9.17) is 11.6 Å². The quantitative estimate of drug-likeness (QED) is 0.129. The molecule has 256 valence electrons. The van der Waals surface area contributed by atoms with Gasteiger partial charge in [0.05, 0.1) is 5.41 Å². The van der Waals surface area contributed by atoms with Crippen LogP contribution in [0.15, 0.2) is 188 Å². The fourth-order valence-electron chi connectivity index (χ4n) is 8.95. The summed E-state index contributed by atoms with van der Waals surface area (Å²) in [6.07, 6.45) is 10.6. The van der Waals surface area contributed by atoms with Crippen molar-refractivity contribution in [3.8, 4) is 0 Å². The number of hydrogen-bond donors (Lipinski definition) is 0. The number of allylic oxidation sites excluding steroid dienone is 4. The lowest BCUT2D eigenvalue weighted by atomic mass is 9.69. The summed E-state index contributed by atoms with van der Waals surface area (Å²) in [5.41, 5.74) is 12.4. The molecule has 6 aromatic carbocycles. The molecule has 0 N–H and O–H groups in total. The third-order valence-electron chi connectivity index (χ3n) is 11.2. The first-order valence-corrected chi connectivity index (χ1v) is 18.6. The predicted molar refractivity (Wildman–Crippen MR) is 218 cm³/mol. The number of anilines is 1. The number of likely N-dealkylation sites (N-methyl/N-ethyl adjacent to an activating group) is 1. The van der Waals surface area contributed by atoms with Gasteiger partial charge in [0.2, 0.25) is 5.69 Å². The number of halogens is 1. The molecule has 2 aliphatic heterocycles. The zero-order valence-electron chi connectivity index (χ0n) is 29.9. The van der Waals surface area contributed by atoms with E-state index in [9.17, 15) is 0 Å². The first kappa shape index (κ1) is 33.7. The van der Waals surface area contributed by atoms with E-state index in [2.05, 4.69) is 200 Å². The first-order valence-electron chi connectivity index (χ1n) is 18.3. The molecule has 3 heteroatoms. The minimum atomic E-state index is -0.331. The minimum Gasteiger partial charge on any atom is -0.347 e. The van der Waals surface area contributed by atoms with Crippen LogP contribution in [-0.4, -0.2) is 24.4 Å². The molecule has 0 spiro atoms. The molecule has 2 aliphatic rings. The molecular formula is C49H44ClN2+. The van der Waals surface area contributed by atoms with Crippen LogP contribution in [0.5, 0.6) is 0 Å². The van der Waals surface area contributed by atoms with Crippen LogP contribution in [0, 0.1) is 0 Å². The second-order valence-electron chi connectivity index (χ2n) is 14.4. The number of hydrogen-bond acceptors (Lipinski definition) is 1. The summed E-state index contributed by atoms with van der Waals surface area (Å²) in [5, 5.41) is 0.766. The Morgan fingerprint density at radius 3 is 1.54 bits per heavy atom. The highest BCUT2D eigenvalue weighted by atomic mass is 35.5. The number of para-hydroxylation sites is 1. The minimum absolute atomic E-state index is 0.258. The van der Waals surface area contributed by atoms with Crippen molar-refractivity contribution >= 4 is 28.7 Å². The number of nitrogens with zero attached hydrogens (tertiary/aromatic N) is 2. The number of benzene rings is 6. The Morgan fingerprint density at radius 2 is 1.02 bits per heavy atom. The van der Waals surface area contributed by atoms with E-state index in [0.717, 1.165) is 30.7 Å². The third-order valence-corrected chi connectivity index (χ3v) is 11.5. The summed E-state index contributed by atoms with van der Waals surface area (Å²) < 4.78 is 2.42. The van der Waals surface area contributed by atoms with E-state index in [1.54, 1.807) is 0 Å². The molecule has 0 saturated heterocycles. The van der Waals surface area contributed by atoms with Gasteiger partial charge >= 0.3 is 0 Å². The van der Waals surface area contributed by atoms with E-state index in [1.165, 1.54) is 56.2 Å². The standard InChI is InChI=1S/C49H44ClN2/c1-51-44-27-16-15-26-42(44)48(33-37-18-7-3-8-19-37,34-38-20-9-4-10-21-38)46(51)28-17-29-47-49(35-39-22-11-5-12-23-39,36-40-24-13-6-14-25-40)43-32-41(50)30-31-45(43)52(47)2/h3-32H,33-36H2,1-2H3/q+1. The molecule has 0 amide bonds.